The molecule has 3 aromatic rings. The quantitative estimate of drug-likeness (QED) is 0.672. The summed E-state index contributed by atoms with van der Waals surface area (Å²) in [5.74, 6) is 2.15. The summed E-state index contributed by atoms with van der Waals surface area (Å²) in [4.78, 5) is 26.0. The highest BCUT2D eigenvalue weighted by atomic mass is 32.1. The Morgan fingerprint density at radius 3 is 2.87 bits per heavy atom. The number of rotatable bonds is 3. The number of thiophene rings is 1. The van der Waals surface area contributed by atoms with Crippen LogP contribution in [0.2, 0.25) is 0 Å². The molecule has 1 atom stereocenters. The zero-order valence-corrected chi connectivity index (χ0v) is 17.9. The standard InChI is InChI=1S/C22H24N4O3S/c1-13-5-3-4-8-26(13)20-18-14(2)19(30-22(18)24-12-23-20)21(27)25-15-6-7-16-17(11-15)29-10-9-28-16/h6-7,11-13H,3-5,8-10H2,1-2H3,(H,25,27)/t13-/m1/s1. The van der Waals surface area contributed by atoms with E-state index in [9.17, 15) is 4.79 Å². The summed E-state index contributed by atoms with van der Waals surface area (Å²) >= 11 is 1.41. The van der Waals surface area contributed by atoms with Crippen LogP contribution in [0.15, 0.2) is 24.5 Å². The number of nitrogens with one attached hydrogen (secondary N) is 1. The van der Waals surface area contributed by atoms with Gasteiger partial charge in [0.05, 0.1) is 10.3 Å². The number of amides is 1. The summed E-state index contributed by atoms with van der Waals surface area (Å²) in [7, 11) is 0. The van der Waals surface area contributed by atoms with Crippen molar-refractivity contribution >= 4 is 39.0 Å². The highest BCUT2D eigenvalue weighted by Crippen LogP contribution is 2.38. The first-order valence-electron chi connectivity index (χ1n) is 10.3. The van der Waals surface area contributed by atoms with Gasteiger partial charge in [-0.05, 0) is 50.8 Å². The first-order chi connectivity index (χ1) is 14.6. The highest BCUT2D eigenvalue weighted by molar-refractivity contribution is 7.20. The summed E-state index contributed by atoms with van der Waals surface area (Å²) in [6.45, 7) is 6.26. The lowest BCUT2D eigenvalue weighted by Gasteiger charge is -2.34. The SMILES string of the molecule is Cc1c(C(=O)Nc2ccc3c(c2)OCCO3)sc2ncnc(N3CCCC[C@H]3C)c12. The van der Waals surface area contributed by atoms with Crippen molar-refractivity contribution in [2.75, 3.05) is 30.0 Å². The van der Waals surface area contributed by atoms with E-state index in [1.54, 1.807) is 12.4 Å². The zero-order valence-electron chi connectivity index (χ0n) is 17.1. The fourth-order valence-corrected chi connectivity index (χ4v) is 5.25. The zero-order chi connectivity index (χ0) is 20.7. The summed E-state index contributed by atoms with van der Waals surface area (Å²) in [6.07, 6.45) is 5.18. The van der Waals surface area contributed by atoms with Crippen LogP contribution in [-0.2, 0) is 0 Å². The summed E-state index contributed by atoms with van der Waals surface area (Å²) < 4.78 is 11.2. The molecule has 1 fully saturated rings. The summed E-state index contributed by atoms with van der Waals surface area (Å²) in [5, 5.41) is 3.98. The van der Waals surface area contributed by atoms with Crippen LogP contribution < -0.4 is 19.7 Å². The maximum atomic E-state index is 13.1. The molecule has 5 rings (SSSR count). The smallest absolute Gasteiger partial charge is 0.266 e. The second-order valence-corrected chi connectivity index (χ2v) is 8.78. The van der Waals surface area contributed by atoms with E-state index in [1.807, 2.05) is 19.1 Å². The molecular formula is C22H24N4O3S. The number of fused-ring (bicyclic) bond motifs is 2. The molecule has 7 nitrogen and oxygen atoms in total. The Morgan fingerprint density at radius 2 is 2.03 bits per heavy atom. The first kappa shape index (κ1) is 19.1. The third kappa shape index (κ3) is 3.35. The van der Waals surface area contributed by atoms with E-state index < -0.39 is 0 Å². The third-order valence-corrected chi connectivity index (χ3v) is 6.99. The third-order valence-electron chi connectivity index (χ3n) is 5.79. The molecule has 156 valence electrons. The van der Waals surface area contributed by atoms with Crippen molar-refractivity contribution < 1.29 is 14.3 Å². The molecule has 1 amide bonds. The molecular weight excluding hydrogens is 400 g/mol. The van der Waals surface area contributed by atoms with Crippen molar-refractivity contribution in [1.29, 1.82) is 0 Å². The first-order valence-corrected chi connectivity index (χ1v) is 11.1. The van der Waals surface area contributed by atoms with E-state index in [0.29, 0.717) is 41.3 Å². The van der Waals surface area contributed by atoms with E-state index >= 15 is 0 Å². The van der Waals surface area contributed by atoms with Crippen molar-refractivity contribution in [3.63, 3.8) is 0 Å². The van der Waals surface area contributed by atoms with E-state index in [2.05, 4.69) is 27.1 Å². The van der Waals surface area contributed by atoms with E-state index in [-0.39, 0.29) is 5.91 Å². The van der Waals surface area contributed by atoms with Crippen LogP contribution in [0.25, 0.3) is 10.2 Å². The van der Waals surface area contributed by atoms with Gasteiger partial charge in [-0.2, -0.15) is 0 Å². The molecule has 0 bridgehead atoms. The van der Waals surface area contributed by atoms with Gasteiger partial charge in [0.1, 0.15) is 30.2 Å². The molecule has 1 N–H and O–H groups in total. The average Bonchev–Trinajstić information content (AvgIpc) is 3.11. The van der Waals surface area contributed by atoms with Crippen molar-refractivity contribution in [2.45, 2.75) is 39.2 Å². The predicted molar refractivity (Wildman–Crippen MR) is 118 cm³/mol. The molecule has 1 aromatic carbocycles. The monoisotopic (exact) mass is 424 g/mol. The van der Waals surface area contributed by atoms with Gasteiger partial charge in [-0.15, -0.1) is 11.3 Å². The van der Waals surface area contributed by atoms with Crippen LogP contribution in [0.5, 0.6) is 11.5 Å². The number of piperidine rings is 1. The molecule has 0 saturated carbocycles. The second-order valence-electron chi connectivity index (χ2n) is 7.78. The Labute approximate surface area is 179 Å². The number of benzene rings is 1. The Kier molecular flexibility index (Phi) is 4.94. The number of ether oxygens (including phenoxy) is 2. The van der Waals surface area contributed by atoms with Crippen LogP contribution in [0, 0.1) is 6.92 Å². The predicted octanol–water partition coefficient (Wildman–Crippen LogP) is 4.40. The molecule has 4 heterocycles. The van der Waals surface area contributed by atoms with Gasteiger partial charge in [0.2, 0.25) is 0 Å². The van der Waals surface area contributed by atoms with E-state index in [4.69, 9.17) is 9.47 Å². The largest absolute Gasteiger partial charge is 0.486 e. The second kappa shape index (κ2) is 7.75. The van der Waals surface area contributed by atoms with Gasteiger partial charge in [-0.25, -0.2) is 9.97 Å². The van der Waals surface area contributed by atoms with Gasteiger partial charge < -0.3 is 19.7 Å². The van der Waals surface area contributed by atoms with Gasteiger partial charge in [0.15, 0.2) is 11.5 Å². The maximum Gasteiger partial charge on any atom is 0.266 e. The van der Waals surface area contributed by atoms with Gasteiger partial charge >= 0.3 is 0 Å². The molecule has 1 saturated heterocycles. The van der Waals surface area contributed by atoms with Crippen LogP contribution in [0.1, 0.15) is 41.4 Å². The lowest BCUT2D eigenvalue weighted by Crippen LogP contribution is -2.38. The molecule has 2 aliphatic rings. The molecule has 0 spiro atoms. The molecule has 2 aromatic heterocycles. The fourth-order valence-electron chi connectivity index (χ4n) is 4.21. The topological polar surface area (TPSA) is 76.6 Å². The number of carbonyl (C=O) groups excluding carboxylic acids is 1. The molecule has 0 unspecified atom stereocenters. The molecule has 0 aliphatic carbocycles. The van der Waals surface area contributed by atoms with Gasteiger partial charge in [-0.1, -0.05) is 0 Å². The number of hydrogen-bond acceptors (Lipinski definition) is 7. The number of carbonyl (C=O) groups is 1. The Morgan fingerprint density at radius 1 is 1.20 bits per heavy atom. The van der Waals surface area contributed by atoms with Crippen molar-refractivity contribution in [2.24, 2.45) is 0 Å². The molecule has 8 heteroatoms. The van der Waals surface area contributed by atoms with Gasteiger partial charge in [-0.3, -0.25) is 4.79 Å². The minimum atomic E-state index is -0.148. The van der Waals surface area contributed by atoms with E-state index in [0.717, 1.165) is 41.0 Å². The summed E-state index contributed by atoms with van der Waals surface area (Å²) in [6, 6.07) is 5.89. The maximum absolute atomic E-state index is 13.1. The number of nitrogens with zero attached hydrogens (tertiary/aromatic N) is 3. The van der Waals surface area contributed by atoms with Crippen LogP contribution in [-0.4, -0.2) is 41.7 Å². The van der Waals surface area contributed by atoms with Crippen LogP contribution in [0.3, 0.4) is 0 Å². The fraction of sp³-hybridized carbons (Fsp3) is 0.409. The number of aromatic nitrogens is 2. The van der Waals surface area contributed by atoms with Crippen LogP contribution >= 0.6 is 11.3 Å². The van der Waals surface area contributed by atoms with Crippen molar-refractivity contribution in [3.05, 3.63) is 35.0 Å². The van der Waals surface area contributed by atoms with Crippen molar-refractivity contribution in [1.82, 2.24) is 9.97 Å². The lowest BCUT2D eigenvalue weighted by molar-refractivity contribution is 0.103. The Bertz CT molecular complexity index is 1110. The number of anilines is 2. The molecule has 30 heavy (non-hydrogen) atoms. The minimum Gasteiger partial charge on any atom is -0.486 e. The van der Waals surface area contributed by atoms with Crippen LogP contribution in [0.4, 0.5) is 11.5 Å². The highest BCUT2D eigenvalue weighted by Gasteiger charge is 2.26. The van der Waals surface area contributed by atoms with Gasteiger partial charge in [0, 0.05) is 24.3 Å². The van der Waals surface area contributed by atoms with E-state index in [1.165, 1.54) is 17.8 Å². The minimum absolute atomic E-state index is 0.148. The average molecular weight is 425 g/mol. The lowest BCUT2D eigenvalue weighted by atomic mass is 10.0. The molecule has 2 aliphatic heterocycles. The summed E-state index contributed by atoms with van der Waals surface area (Å²) in [5.41, 5.74) is 1.61. The number of hydrogen-bond donors (Lipinski definition) is 1. The normalized spacial score (nSPS) is 18.5. The van der Waals surface area contributed by atoms with Crippen molar-refractivity contribution in [3.8, 4) is 11.5 Å². The van der Waals surface area contributed by atoms with Gasteiger partial charge in [0.25, 0.3) is 5.91 Å². The number of aryl methyl sites for hydroxylation is 1. The Hall–Kier alpha value is -2.87. The molecule has 0 radical (unpaired) electrons. The Balaban J connectivity index is 1.46.